The number of hydrogen-bond donors (Lipinski definition) is 0. The van der Waals surface area contributed by atoms with Gasteiger partial charge in [0.1, 0.15) is 0 Å². The molecule has 0 nitrogen and oxygen atoms in total. The summed E-state index contributed by atoms with van der Waals surface area (Å²) in [6, 6.07) is 0. The van der Waals surface area contributed by atoms with Crippen LogP contribution in [0.3, 0.4) is 0 Å². The zero-order valence-corrected chi connectivity index (χ0v) is 9.62. The van der Waals surface area contributed by atoms with Crippen molar-refractivity contribution in [3.63, 3.8) is 0 Å². The molecule has 0 aliphatic rings. The third kappa shape index (κ3) is 9.06. The first-order chi connectivity index (χ1) is 0. The summed E-state index contributed by atoms with van der Waals surface area (Å²) in [4.78, 5) is 0. The van der Waals surface area contributed by atoms with Crippen LogP contribution in [-0.2, 0) is 42.8 Å². The van der Waals surface area contributed by atoms with Gasteiger partial charge in [-0.25, -0.2) is 0 Å². The van der Waals surface area contributed by atoms with Crippen LogP contribution in [0.5, 0.6) is 0 Å². The molecule has 1 radical (unpaired) electrons. The molecule has 0 atom stereocenters. The number of rotatable bonds is 0. The topological polar surface area (TPSA) is 0 Å². The van der Waals surface area contributed by atoms with Gasteiger partial charge in [-0.05, 0) is 0 Å². The first-order valence-electron chi connectivity index (χ1n) is 0. The van der Waals surface area contributed by atoms with E-state index in [-0.39, 0.29) is 104 Å². The molecule has 0 aromatic heterocycles. The molecule has 0 fully saturated rings. The molecule has 0 aliphatic carbocycles. The fourth-order valence-electron chi connectivity index (χ4n) is 0. The van der Waals surface area contributed by atoms with Crippen LogP contribution in [0.2, 0.25) is 0 Å². The van der Waals surface area contributed by atoms with E-state index in [1.165, 1.54) is 0 Å². The van der Waals surface area contributed by atoms with Crippen molar-refractivity contribution in [3.8, 4) is 0 Å². The van der Waals surface area contributed by atoms with Gasteiger partial charge in [-0.3, -0.25) is 0 Å². The monoisotopic (exact) mass is 443 g/mol. The predicted octanol–water partition coefficient (Wildman–Crippen LogP) is -0.653. The van der Waals surface area contributed by atoms with Gasteiger partial charge in [0.05, 0.1) is 0 Å². The molecule has 0 rings (SSSR count). The molecule has 0 heterocycles. The van der Waals surface area contributed by atoms with Gasteiger partial charge in [0.2, 0.25) is 0 Å². The summed E-state index contributed by atoms with van der Waals surface area (Å²) in [5.41, 5.74) is 0. The fourth-order valence-corrected chi connectivity index (χ4v) is 0. The van der Waals surface area contributed by atoms with E-state index in [2.05, 4.69) is 0 Å². The second-order valence-corrected chi connectivity index (χ2v) is 0. The van der Waals surface area contributed by atoms with Gasteiger partial charge < -0.3 is 0 Å². The molecule has 4 heavy (non-hydrogen) atoms. The Balaban J connectivity index is 0. The molecule has 0 aliphatic heterocycles. The summed E-state index contributed by atoms with van der Waals surface area (Å²) >= 11 is 0. The van der Waals surface area contributed by atoms with E-state index in [1.54, 1.807) is 0 Å². The predicted molar refractivity (Wildman–Crippen MR) is 7.15 cm³/mol. The zero-order chi connectivity index (χ0) is 0. The smallest absolute Gasteiger partial charge is 0 e. The zero-order valence-electron chi connectivity index (χ0n) is 1.64. The van der Waals surface area contributed by atoms with E-state index in [0.29, 0.717) is 0 Å². The second kappa shape index (κ2) is 16.1. The normalized spacial score (nSPS) is 0. The van der Waals surface area contributed by atoms with Crippen molar-refractivity contribution < 1.29 is 80.1 Å². The van der Waals surface area contributed by atoms with Crippen LogP contribution < -0.4 is 0 Å². The molecule has 0 bridgehead atoms. The van der Waals surface area contributed by atoms with Crippen LogP contribution in [-0.4, -0.2) is 23.7 Å². The van der Waals surface area contributed by atoms with E-state index in [9.17, 15) is 0 Å². The molecule has 0 saturated heterocycles. The van der Waals surface area contributed by atoms with Crippen LogP contribution in [0, 0.1) is 37.3 Å². The first kappa shape index (κ1) is 26.1. The van der Waals surface area contributed by atoms with Crippen molar-refractivity contribution in [2.24, 2.45) is 0 Å². The fraction of sp³-hybridized carbons (Fsp3) is 0. The summed E-state index contributed by atoms with van der Waals surface area (Å²) in [6.45, 7) is 0. The summed E-state index contributed by atoms with van der Waals surface area (Å²) in [5, 5.41) is 0. The molecule has 0 N–H and O–H groups in total. The maximum absolute atomic E-state index is 0. The molecule has 0 unspecified atom stereocenters. The van der Waals surface area contributed by atoms with E-state index >= 15 is 0 Å². The van der Waals surface area contributed by atoms with Crippen molar-refractivity contribution in [1.82, 2.24) is 0 Å². The van der Waals surface area contributed by atoms with Crippen molar-refractivity contribution in [2.75, 3.05) is 0 Å². The van der Waals surface area contributed by atoms with Gasteiger partial charge >= 0.3 is 23.7 Å². The van der Waals surface area contributed by atoms with E-state index in [1.807, 2.05) is 0 Å². The quantitative estimate of drug-likeness (QED) is 0.440. The summed E-state index contributed by atoms with van der Waals surface area (Å²) in [5.74, 6) is 0. The van der Waals surface area contributed by atoms with Crippen LogP contribution >= 0.6 is 0 Å². The third-order valence-corrected chi connectivity index (χ3v) is 0. The van der Waals surface area contributed by atoms with Crippen LogP contribution in [0.4, 0.5) is 0 Å². The Labute approximate surface area is 101 Å². The molecule has 29 valence electrons. The van der Waals surface area contributed by atoms with E-state index in [4.69, 9.17) is 0 Å². The minimum Gasteiger partial charge on any atom is 0 e. The van der Waals surface area contributed by atoms with E-state index < -0.39 is 0 Å². The molecular weight excluding hydrogens is 439 g/mol. The molecular formula is HErMoTeTi. The largest absolute Gasteiger partial charge is 0 e. The third-order valence-electron chi connectivity index (χ3n) is 0. The Hall–Kier alpha value is 3.44. The van der Waals surface area contributed by atoms with Crippen molar-refractivity contribution in [2.45, 2.75) is 0 Å². The van der Waals surface area contributed by atoms with Crippen molar-refractivity contribution >= 4 is 23.7 Å². The first-order valence-corrected chi connectivity index (χ1v) is 0. The maximum Gasteiger partial charge on any atom is 0 e. The Morgan fingerprint density at radius 1 is 1.00 bits per heavy atom. The minimum absolute atomic E-state index is 0. The van der Waals surface area contributed by atoms with Crippen LogP contribution in [0.25, 0.3) is 0 Å². The number of hydrogen-bond acceptors (Lipinski definition) is 0. The Morgan fingerprint density at radius 2 is 1.00 bits per heavy atom. The molecule has 0 saturated carbocycles. The molecule has 0 aromatic rings. The Kier molecular flexibility index (Phi) is 105. The van der Waals surface area contributed by atoms with Crippen molar-refractivity contribution in [3.05, 3.63) is 0 Å². The van der Waals surface area contributed by atoms with Gasteiger partial charge in [-0.2, -0.15) is 0 Å². The molecule has 4 heteroatoms. The average molecular weight is 440 g/mol. The second-order valence-electron chi connectivity index (χ2n) is 0. The average Bonchev–Trinajstić information content (AvgIpc) is 0. The summed E-state index contributed by atoms with van der Waals surface area (Å²) < 4.78 is 0. The maximum atomic E-state index is 0. The molecule has 0 spiro atoms. The van der Waals surface area contributed by atoms with Crippen molar-refractivity contribution in [1.29, 1.82) is 0 Å². The van der Waals surface area contributed by atoms with Gasteiger partial charge in [0.15, 0.2) is 0 Å². The summed E-state index contributed by atoms with van der Waals surface area (Å²) in [7, 11) is 0. The standard InChI is InChI=1S/Er.Mo.HTe.Ti/h;;1H;. The van der Waals surface area contributed by atoms with Gasteiger partial charge in [0, 0.05) is 80.1 Å². The van der Waals surface area contributed by atoms with Crippen LogP contribution in [0.15, 0.2) is 0 Å². The Bertz CT molecular complexity index is 8.00. The van der Waals surface area contributed by atoms with E-state index in [0.717, 1.165) is 0 Å². The SMILES string of the molecule is [Er].[Mo].[TeH].[Ti]. The van der Waals surface area contributed by atoms with Gasteiger partial charge in [-0.15, -0.1) is 0 Å². The Morgan fingerprint density at radius 3 is 1.00 bits per heavy atom. The summed E-state index contributed by atoms with van der Waals surface area (Å²) in [6.07, 6.45) is 0. The molecule has 0 aromatic carbocycles. The molecule has 0 amide bonds. The van der Waals surface area contributed by atoms with Gasteiger partial charge in [0.25, 0.3) is 0 Å². The van der Waals surface area contributed by atoms with Crippen LogP contribution in [0.1, 0.15) is 0 Å². The van der Waals surface area contributed by atoms with Gasteiger partial charge in [-0.1, -0.05) is 0 Å². The minimum atomic E-state index is 0.